The molecular weight excluding hydrogens is 368 g/mol. The predicted octanol–water partition coefficient (Wildman–Crippen LogP) is 1.36. The molecule has 0 spiro atoms. The Labute approximate surface area is 172 Å². The fraction of sp³-hybridized carbons (Fsp3) is 0.619. The minimum Gasteiger partial charge on any atom is -0.391 e. The lowest BCUT2D eigenvalue weighted by atomic mass is 9.95. The molecule has 2 aliphatic heterocycles. The zero-order chi connectivity index (χ0) is 20.4. The summed E-state index contributed by atoms with van der Waals surface area (Å²) in [5, 5.41) is 17.0. The average Bonchev–Trinajstić information content (AvgIpc) is 3.16. The molecule has 0 aliphatic carbocycles. The van der Waals surface area contributed by atoms with Gasteiger partial charge in [0.05, 0.1) is 18.8 Å². The summed E-state index contributed by atoms with van der Waals surface area (Å²) >= 11 is 0. The van der Waals surface area contributed by atoms with E-state index in [4.69, 9.17) is 10.5 Å². The minimum absolute atomic E-state index is 0.130. The number of aromatic amines is 1. The third kappa shape index (κ3) is 4.71. The Morgan fingerprint density at radius 1 is 1.28 bits per heavy atom. The number of H-pyrrole nitrogens is 1. The van der Waals surface area contributed by atoms with Crippen molar-refractivity contribution < 1.29 is 9.84 Å². The third-order valence-corrected chi connectivity index (χ3v) is 6.20. The lowest BCUT2D eigenvalue weighted by Gasteiger charge is -2.47. The lowest BCUT2D eigenvalue weighted by molar-refractivity contribution is -0.120. The maximum atomic E-state index is 10.1. The van der Waals surface area contributed by atoms with Crippen molar-refractivity contribution in [3.05, 3.63) is 35.4 Å². The molecule has 0 amide bonds. The Bertz CT molecular complexity index is 785. The number of morpholine rings is 1. The van der Waals surface area contributed by atoms with E-state index < -0.39 is 6.10 Å². The Kier molecular flexibility index (Phi) is 6.03. The molecule has 2 aromatic rings. The van der Waals surface area contributed by atoms with E-state index in [1.165, 1.54) is 11.1 Å². The number of anilines is 2. The second-order valence-corrected chi connectivity index (χ2v) is 8.39. The molecule has 29 heavy (non-hydrogen) atoms. The van der Waals surface area contributed by atoms with Gasteiger partial charge in [0.15, 0.2) is 0 Å². The molecule has 1 aromatic heterocycles. The number of nitrogens with zero attached hydrogens (tertiary/aromatic N) is 4. The van der Waals surface area contributed by atoms with Gasteiger partial charge in [0.2, 0.25) is 11.9 Å². The summed E-state index contributed by atoms with van der Waals surface area (Å²) in [6, 6.07) is 9.55. The quantitative estimate of drug-likeness (QED) is 0.696. The number of nitrogen functional groups attached to an aromatic ring is 1. The molecule has 8 nitrogen and oxygen atoms in total. The van der Waals surface area contributed by atoms with Gasteiger partial charge in [-0.1, -0.05) is 29.8 Å². The highest BCUT2D eigenvalue weighted by Crippen LogP contribution is 2.27. The van der Waals surface area contributed by atoms with Crippen LogP contribution in [-0.4, -0.2) is 75.7 Å². The van der Waals surface area contributed by atoms with Crippen molar-refractivity contribution in [3.8, 4) is 0 Å². The molecule has 158 valence electrons. The van der Waals surface area contributed by atoms with Crippen LogP contribution >= 0.6 is 0 Å². The minimum atomic E-state index is -0.464. The molecule has 2 aliphatic rings. The topological polar surface area (TPSA) is 104 Å². The van der Waals surface area contributed by atoms with Crippen LogP contribution < -0.4 is 10.6 Å². The van der Waals surface area contributed by atoms with E-state index in [9.17, 15) is 5.11 Å². The first kappa shape index (κ1) is 20.1. The van der Waals surface area contributed by atoms with Crippen LogP contribution in [0.4, 0.5) is 11.9 Å². The molecule has 1 aromatic carbocycles. The van der Waals surface area contributed by atoms with Crippen molar-refractivity contribution in [2.75, 3.05) is 36.9 Å². The highest BCUT2D eigenvalue weighted by Gasteiger charge is 2.37. The molecular formula is C21H32N6O2. The van der Waals surface area contributed by atoms with Gasteiger partial charge in [-0.3, -0.25) is 4.90 Å². The van der Waals surface area contributed by atoms with E-state index in [-0.39, 0.29) is 6.10 Å². The number of hydrogen-bond acceptors (Lipinski definition) is 7. The number of aromatic nitrogens is 3. The normalized spacial score (nSPS) is 25.3. The van der Waals surface area contributed by atoms with Gasteiger partial charge in [-0.15, -0.1) is 5.10 Å². The molecule has 3 atom stereocenters. The zero-order valence-corrected chi connectivity index (χ0v) is 17.3. The summed E-state index contributed by atoms with van der Waals surface area (Å²) in [6.45, 7) is 7.15. The van der Waals surface area contributed by atoms with Crippen molar-refractivity contribution in [1.82, 2.24) is 20.1 Å². The number of aliphatic hydroxyl groups excluding tert-OH is 1. The van der Waals surface area contributed by atoms with Crippen LogP contribution in [0.2, 0.25) is 0 Å². The van der Waals surface area contributed by atoms with Crippen LogP contribution in [0.15, 0.2) is 24.3 Å². The smallest absolute Gasteiger partial charge is 0.246 e. The van der Waals surface area contributed by atoms with Gasteiger partial charge in [0.25, 0.3) is 0 Å². The summed E-state index contributed by atoms with van der Waals surface area (Å²) in [4.78, 5) is 9.01. The highest BCUT2D eigenvalue weighted by molar-refractivity contribution is 5.34. The predicted molar refractivity (Wildman–Crippen MR) is 113 cm³/mol. The fourth-order valence-corrected chi connectivity index (χ4v) is 4.46. The van der Waals surface area contributed by atoms with Crippen LogP contribution in [0.1, 0.15) is 30.9 Å². The first-order valence-corrected chi connectivity index (χ1v) is 10.5. The molecule has 0 radical (unpaired) electrons. The summed E-state index contributed by atoms with van der Waals surface area (Å²) in [6.07, 6.45) is 2.44. The first-order valence-electron chi connectivity index (χ1n) is 10.5. The monoisotopic (exact) mass is 400 g/mol. The standard InChI is InChI=1S/C21H32N6O2/c1-14-3-5-16(6-4-14)11-18-13-29-19(15(2)28)12-27(18)17-7-9-26(10-8-17)21-23-20(22)24-25-21/h3-6,15,17-19,28H,7-13H2,1-2H3,(H3,22,23,24,25)/t15?,18-,19+/m0/s1. The van der Waals surface area contributed by atoms with Crippen LogP contribution in [0.3, 0.4) is 0 Å². The van der Waals surface area contributed by atoms with Crippen LogP contribution in [-0.2, 0) is 11.2 Å². The number of benzene rings is 1. The molecule has 4 N–H and O–H groups in total. The number of aliphatic hydroxyl groups is 1. The van der Waals surface area contributed by atoms with Crippen molar-refractivity contribution in [1.29, 1.82) is 0 Å². The summed E-state index contributed by atoms with van der Waals surface area (Å²) in [7, 11) is 0. The van der Waals surface area contributed by atoms with E-state index >= 15 is 0 Å². The van der Waals surface area contributed by atoms with Crippen molar-refractivity contribution in [2.45, 2.75) is 57.4 Å². The van der Waals surface area contributed by atoms with E-state index in [1.807, 2.05) is 6.92 Å². The van der Waals surface area contributed by atoms with Crippen molar-refractivity contribution in [3.63, 3.8) is 0 Å². The number of hydrogen-bond donors (Lipinski definition) is 3. The number of ether oxygens (including phenoxy) is 1. The van der Waals surface area contributed by atoms with Crippen LogP contribution in [0, 0.1) is 6.92 Å². The molecule has 2 saturated heterocycles. The number of nitrogens with two attached hydrogens (primary N) is 1. The van der Waals surface area contributed by atoms with Gasteiger partial charge in [-0.05, 0) is 38.7 Å². The Morgan fingerprint density at radius 3 is 2.62 bits per heavy atom. The Morgan fingerprint density at radius 2 is 2.00 bits per heavy atom. The van der Waals surface area contributed by atoms with Gasteiger partial charge in [-0.2, -0.15) is 4.98 Å². The summed E-state index contributed by atoms with van der Waals surface area (Å²) in [5.41, 5.74) is 8.28. The van der Waals surface area contributed by atoms with Gasteiger partial charge in [-0.25, -0.2) is 5.10 Å². The highest BCUT2D eigenvalue weighted by atomic mass is 16.5. The van der Waals surface area contributed by atoms with Crippen molar-refractivity contribution in [2.24, 2.45) is 0 Å². The number of piperidine rings is 1. The van der Waals surface area contributed by atoms with Crippen LogP contribution in [0.5, 0.6) is 0 Å². The molecule has 0 bridgehead atoms. The third-order valence-electron chi connectivity index (χ3n) is 6.20. The summed E-state index contributed by atoms with van der Waals surface area (Å²) < 4.78 is 6.02. The molecule has 2 fully saturated rings. The van der Waals surface area contributed by atoms with Gasteiger partial charge >= 0.3 is 0 Å². The van der Waals surface area contributed by atoms with Crippen LogP contribution in [0.25, 0.3) is 0 Å². The Hall–Kier alpha value is -2.16. The maximum Gasteiger partial charge on any atom is 0.246 e. The van der Waals surface area contributed by atoms with E-state index in [0.717, 1.165) is 38.9 Å². The SMILES string of the molecule is Cc1ccc(C[C@H]2CO[C@@H](C(C)O)CN2C2CCN(c3n[nH]c(N)n3)CC2)cc1. The number of rotatable bonds is 5. The van der Waals surface area contributed by atoms with Gasteiger partial charge in [0.1, 0.15) is 0 Å². The first-order chi connectivity index (χ1) is 14.0. The van der Waals surface area contributed by atoms with E-state index in [1.54, 1.807) is 0 Å². The van der Waals surface area contributed by atoms with Gasteiger partial charge in [0, 0.05) is 31.7 Å². The summed E-state index contributed by atoms with van der Waals surface area (Å²) in [5.74, 6) is 1.04. The largest absolute Gasteiger partial charge is 0.391 e. The molecule has 4 rings (SSSR count). The molecule has 0 saturated carbocycles. The van der Waals surface area contributed by atoms with Gasteiger partial charge < -0.3 is 20.5 Å². The lowest BCUT2D eigenvalue weighted by Crippen LogP contribution is -2.59. The second-order valence-electron chi connectivity index (χ2n) is 8.39. The molecule has 8 heteroatoms. The van der Waals surface area contributed by atoms with E-state index in [2.05, 4.69) is 56.2 Å². The Balaban J connectivity index is 1.44. The fourth-order valence-electron chi connectivity index (χ4n) is 4.46. The van der Waals surface area contributed by atoms with Crippen molar-refractivity contribution >= 4 is 11.9 Å². The maximum absolute atomic E-state index is 10.1. The second kappa shape index (κ2) is 8.69. The number of aryl methyl sites for hydroxylation is 1. The zero-order valence-electron chi connectivity index (χ0n) is 17.3. The average molecular weight is 401 g/mol. The molecule has 3 heterocycles. The van der Waals surface area contributed by atoms with E-state index in [0.29, 0.717) is 30.6 Å². The molecule has 1 unspecified atom stereocenters. The number of nitrogens with one attached hydrogen (secondary N) is 1.